The van der Waals surface area contributed by atoms with Gasteiger partial charge in [-0.3, -0.25) is 0 Å². The summed E-state index contributed by atoms with van der Waals surface area (Å²) in [5.74, 6) is 1.98. The largest absolute Gasteiger partial charge is 0.464 e. The van der Waals surface area contributed by atoms with E-state index in [-0.39, 0.29) is 6.04 Å². The van der Waals surface area contributed by atoms with Gasteiger partial charge in [-0.2, -0.15) is 0 Å². The van der Waals surface area contributed by atoms with Gasteiger partial charge in [-0.25, -0.2) is 0 Å². The fraction of sp³-hybridized carbons (Fsp3) is 0.333. The molecule has 0 saturated heterocycles. The topological polar surface area (TPSA) is 25.2 Å². The summed E-state index contributed by atoms with van der Waals surface area (Å²) in [5.41, 5.74) is 1.13. The molecular weight excluding hydrogens is 246 g/mol. The van der Waals surface area contributed by atoms with Crippen LogP contribution in [0.4, 0.5) is 0 Å². The highest BCUT2D eigenvalue weighted by atomic mass is 35.5. The lowest BCUT2D eigenvalue weighted by atomic mass is 10.0. The summed E-state index contributed by atoms with van der Waals surface area (Å²) in [5, 5.41) is 4.08. The fourth-order valence-electron chi connectivity index (χ4n) is 2.00. The maximum absolute atomic E-state index is 6.19. The molecule has 2 rings (SSSR count). The molecule has 0 fully saturated rings. The third kappa shape index (κ3) is 2.95. The van der Waals surface area contributed by atoms with E-state index in [9.17, 15) is 0 Å². The zero-order chi connectivity index (χ0) is 13.0. The molecule has 1 heterocycles. The number of benzene rings is 1. The van der Waals surface area contributed by atoms with Crippen LogP contribution >= 0.6 is 11.6 Å². The van der Waals surface area contributed by atoms with Crippen LogP contribution in [0, 0.1) is 0 Å². The molecule has 0 aliphatic carbocycles. The molecule has 1 atom stereocenters. The summed E-state index contributed by atoms with van der Waals surface area (Å²) in [7, 11) is 1.94. The number of halogens is 1. The van der Waals surface area contributed by atoms with Crippen molar-refractivity contribution in [2.75, 3.05) is 7.05 Å². The van der Waals surface area contributed by atoms with Gasteiger partial charge in [-0.1, -0.05) is 36.7 Å². The smallest absolute Gasteiger partial charge is 0.121 e. The Morgan fingerprint density at radius 3 is 2.61 bits per heavy atom. The lowest BCUT2D eigenvalue weighted by molar-refractivity contribution is 0.407. The number of likely N-dealkylation sites (N-methyl/N-ethyl adjacent to an activating group) is 1. The van der Waals surface area contributed by atoms with E-state index in [1.807, 2.05) is 37.4 Å². The standard InChI is InChI=1S/C15H18ClNO/c1-3-12-8-9-15(18-12)14(17-2)10-11-6-4-5-7-13(11)16/h4-9,14,17H,3,10H2,1-2H3. The van der Waals surface area contributed by atoms with Gasteiger partial charge in [-0.05, 0) is 37.2 Å². The molecule has 96 valence electrons. The Kier molecular flexibility index (Phi) is 4.45. The molecular formula is C15H18ClNO. The molecule has 0 saturated carbocycles. The highest BCUT2D eigenvalue weighted by Gasteiger charge is 2.15. The van der Waals surface area contributed by atoms with E-state index in [0.717, 1.165) is 34.9 Å². The molecule has 1 aromatic heterocycles. The van der Waals surface area contributed by atoms with Crippen LogP contribution in [-0.4, -0.2) is 7.05 Å². The first-order valence-electron chi connectivity index (χ1n) is 6.24. The summed E-state index contributed by atoms with van der Waals surface area (Å²) >= 11 is 6.19. The zero-order valence-electron chi connectivity index (χ0n) is 10.7. The molecule has 0 radical (unpaired) electrons. The van der Waals surface area contributed by atoms with Gasteiger partial charge >= 0.3 is 0 Å². The maximum Gasteiger partial charge on any atom is 0.121 e. The molecule has 0 aliphatic rings. The average molecular weight is 264 g/mol. The summed E-state index contributed by atoms with van der Waals surface area (Å²) in [6.45, 7) is 2.09. The molecule has 0 bridgehead atoms. The van der Waals surface area contributed by atoms with E-state index in [4.69, 9.17) is 16.0 Å². The maximum atomic E-state index is 6.19. The van der Waals surface area contributed by atoms with Crippen LogP contribution in [0.15, 0.2) is 40.8 Å². The molecule has 2 nitrogen and oxygen atoms in total. The Bertz CT molecular complexity index is 507. The second-order valence-corrected chi connectivity index (χ2v) is 4.70. The van der Waals surface area contributed by atoms with Gasteiger partial charge in [0.1, 0.15) is 11.5 Å². The second-order valence-electron chi connectivity index (χ2n) is 4.29. The van der Waals surface area contributed by atoms with Crippen molar-refractivity contribution in [3.05, 3.63) is 58.5 Å². The zero-order valence-corrected chi connectivity index (χ0v) is 11.5. The van der Waals surface area contributed by atoms with Crippen molar-refractivity contribution in [2.24, 2.45) is 0 Å². The molecule has 3 heteroatoms. The molecule has 0 aliphatic heterocycles. The van der Waals surface area contributed by atoms with E-state index in [0.29, 0.717) is 0 Å². The van der Waals surface area contributed by atoms with Gasteiger partial charge in [0.15, 0.2) is 0 Å². The highest BCUT2D eigenvalue weighted by Crippen LogP contribution is 2.24. The van der Waals surface area contributed by atoms with E-state index in [1.165, 1.54) is 0 Å². The van der Waals surface area contributed by atoms with E-state index in [2.05, 4.69) is 18.3 Å². The van der Waals surface area contributed by atoms with Crippen molar-refractivity contribution in [1.82, 2.24) is 5.32 Å². The molecule has 1 unspecified atom stereocenters. The highest BCUT2D eigenvalue weighted by molar-refractivity contribution is 6.31. The van der Waals surface area contributed by atoms with Crippen LogP contribution in [0.5, 0.6) is 0 Å². The van der Waals surface area contributed by atoms with E-state index in [1.54, 1.807) is 0 Å². The van der Waals surface area contributed by atoms with Gasteiger partial charge in [0.2, 0.25) is 0 Å². The van der Waals surface area contributed by atoms with Crippen molar-refractivity contribution >= 4 is 11.6 Å². The van der Waals surface area contributed by atoms with E-state index >= 15 is 0 Å². The first kappa shape index (κ1) is 13.2. The number of nitrogens with one attached hydrogen (secondary N) is 1. The van der Waals surface area contributed by atoms with Crippen LogP contribution in [0.25, 0.3) is 0 Å². The lowest BCUT2D eigenvalue weighted by Crippen LogP contribution is -2.18. The molecule has 1 N–H and O–H groups in total. The SMILES string of the molecule is CCc1ccc(C(Cc2ccccc2Cl)NC)o1. The Morgan fingerprint density at radius 2 is 2.00 bits per heavy atom. The number of furan rings is 1. The summed E-state index contributed by atoms with van der Waals surface area (Å²) in [6, 6.07) is 12.2. The van der Waals surface area contributed by atoms with Crippen LogP contribution in [0.1, 0.15) is 30.0 Å². The Hall–Kier alpha value is -1.25. The molecule has 2 aromatic rings. The number of aryl methyl sites for hydroxylation is 1. The minimum Gasteiger partial charge on any atom is -0.464 e. The second kappa shape index (κ2) is 6.07. The number of hydrogen-bond donors (Lipinski definition) is 1. The summed E-state index contributed by atoms with van der Waals surface area (Å²) < 4.78 is 5.79. The lowest BCUT2D eigenvalue weighted by Gasteiger charge is -2.14. The molecule has 0 amide bonds. The fourth-order valence-corrected chi connectivity index (χ4v) is 2.21. The molecule has 1 aromatic carbocycles. The number of hydrogen-bond acceptors (Lipinski definition) is 2. The summed E-state index contributed by atoms with van der Waals surface area (Å²) in [6.07, 6.45) is 1.75. The van der Waals surface area contributed by atoms with Crippen LogP contribution < -0.4 is 5.32 Å². The van der Waals surface area contributed by atoms with Gasteiger partial charge in [-0.15, -0.1) is 0 Å². The quantitative estimate of drug-likeness (QED) is 0.882. The predicted molar refractivity (Wildman–Crippen MR) is 75.0 cm³/mol. The monoisotopic (exact) mass is 263 g/mol. The molecule has 18 heavy (non-hydrogen) atoms. The third-order valence-corrected chi connectivity index (χ3v) is 3.47. The van der Waals surface area contributed by atoms with Gasteiger partial charge in [0.05, 0.1) is 6.04 Å². The average Bonchev–Trinajstić information content (AvgIpc) is 2.86. The summed E-state index contributed by atoms with van der Waals surface area (Å²) in [4.78, 5) is 0. The molecule has 0 spiro atoms. The van der Waals surface area contributed by atoms with Crippen molar-refractivity contribution in [1.29, 1.82) is 0 Å². The van der Waals surface area contributed by atoms with Crippen molar-refractivity contribution in [2.45, 2.75) is 25.8 Å². The minimum absolute atomic E-state index is 0.158. The van der Waals surface area contributed by atoms with Crippen LogP contribution in [0.3, 0.4) is 0 Å². The van der Waals surface area contributed by atoms with Crippen molar-refractivity contribution in [3.8, 4) is 0 Å². The van der Waals surface area contributed by atoms with Crippen LogP contribution in [-0.2, 0) is 12.8 Å². The van der Waals surface area contributed by atoms with Crippen LogP contribution in [0.2, 0.25) is 5.02 Å². The van der Waals surface area contributed by atoms with Crippen molar-refractivity contribution in [3.63, 3.8) is 0 Å². The van der Waals surface area contributed by atoms with Crippen molar-refractivity contribution < 1.29 is 4.42 Å². The Morgan fingerprint density at radius 1 is 1.22 bits per heavy atom. The van der Waals surface area contributed by atoms with Gasteiger partial charge < -0.3 is 9.73 Å². The Labute approximate surface area is 113 Å². The predicted octanol–water partition coefficient (Wildman–Crippen LogP) is 4.00. The van der Waals surface area contributed by atoms with Gasteiger partial charge in [0.25, 0.3) is 0 Å². The normalized spacial score (nSPS) is 12.6. The first-order valence-corrected chi connectivity index (χ1v) is 6.61. The first-order chi connectivity index (χ1) is 8.74. The number of rotatable bonds is 5. The van der Waals surface area contributed by atoms with Gasteiger partial charge in [0, 0.05) is 11.4 Å². The minimum atomic E-state index is 0.158. The van der Waals surface area contributed by atoms with E-state index < -0.39 is 0 Å². The Balaban J connectivity index is 2.17. The third-order valence-electron chi connectivity index (χ3n) is 3.10.